The molecule has 0 radical (unpaired) electrons. The molecule has 2 rings (SSSR count). The van der Waals surface area contributed by atoms with Gasteiger partial charge in [0.15, 0.2) is 0 Å². The number of aryl methyl sites for hydroxylation is 1. The maximum absolute atomic E-state index is 5.63. The molecule has 1 aromatic carbocycles. The molecule has 0 bridgehead atoms. The second kappa shape index (κ2) is 4.90. The highest BCUT2D eigenvalue weighted by molar-refractivity contribution is 7.99. The molecule has 0 aromatic heterocycles. The van der Waals surface area contributed by atoms with Crippen LogP contribution in [0.25, 0.3) is 0 Å². The molecule has 0 amide bonds. The van der Waals surface area contributed by atoms with Crippen LogP contribution >= 0.6 is 11.8 Å². The highest BCUT2D eigenvalue weighted by atomic mass is 32.2. The minimum atomic E-state index is 0.636. The molecule has 2 nitrogen and oxygen atoms in total. The molecule has 15 heavy (non-hydrogen) atoms. The van der Waals surface area contributed by atoms with Gasteiger partial charge in [-0.3, -0.25) is 0 Å². The van der Waals surface area contributed by atoms with Gasteiger partial charge in [-0.1, -0.05) is 12.1 Å². The summed E-state index contributed by atoms with van der Waals surface area (Å²) in [7, 11) is 0. The lowest BCUT2D eigenvalue weighted by Gasteiger charge is -2.30. The van der Waals surface area contributed by atoms with Crippen molar-refractivity contribution in [2.75, 3.05) is 29.5 Å². The zero-order valence-corrected chi connectivity index (χ0v) is 10.0. The van der Waals surface area contributed by atoms with E-state index in [1.165, 1.54) is 41.4 Å². The smallest absolute Gasteiger partial charge is 0.0396 e. The van der Waals surface area contributed by atoms with E-state index in [1.54, 1.807) is 0 Å². The molecule has 82 valence electrons. The van der Waals surface area contributed by atoms with Crippen LogP contribution in [0.2, 0.25) is 0 Å². The van der Waals surface area contributed by atoms with Crippen LogP contribution in [0, 0.1) is 6.92 Å². The van der Waals surface area contributed by atoms with Gasteiger partial charge in [-0.25, -0.2) is 0 Å². The number of nitrogens with zero attached hydrogens (tertiary/aromatic N) is 1. The van der Waals surface area contributed by atoms with Gasteiger partial charge in [0, 0.05) is 36.8 Å². The summed E-state index contributed by atoms with van der Waals surface area (Å²) in [5.74, 6) is 2.50. The number of thioether (sulfide) groups is 1. The van der Waals surface area contributed by atoms with Crippen LogP contribution in [0.4, 0.5) is 5.69 Å². The Morgan fingerprint density at radius 1 is 1.33 bits per heavy atom. The Morgan fingerprint density at radius 2 is 2.07 bits per heavy atom. The van der Waals surface area contributed by atoms with E-state index in [4.69, 9.17) is 5.73 Å². The Morgan fingerprint density at radius 3 is 2.67 bits per heavy atom. The minimum absolute atomic E-state index is 0.636. The first-order valence-electron chi connectivity index (χ1n) is 5.43. The van der Waals surface area contributed by atoms with Crippen molar-refractivity contribution in [3.05, 3.63) is 29.3 Å². The topological polar surface area (TPSA) is 29.3 Å². The second-order valence-corrected chi connectivity index (χ2v) is 5.15. The molecule has 0 spiro atoms. The van der Waals surface area contributed by atoms with Gasteiger partial charge >= 0.3 is 0 Å². The van der Waals surface area contributed by atoms with E-state index in [1.807, 2.05) is 11.8 Å². The lowest BCUT2D eigenvalue weighted by molar-refractivity contribution is 0.853. The van der Waals surface area contributed by atoms with Gasteiger partial charge in [-0.15, -0.1) is 0 Å². The molecule has 0 aliphatic carbocycles. The number of nitrogens with two attached hydrogens (primary N) is 1. The van der Waals surface area contributed by atoms with E-state index in [9.17, 15) is 0 Å². The molecule has 0 saturated carbocycles. The SMILES string of the molecule is Cc1cc(CN)ccc1N1CCSCC1. The summed E-state index contributed by atoms with van der Waals surface area (Å²) in [5, 5.41) is 0. The van der Waals surface area contributed by atoms with E-state index in [0.29, 0.717) is 6.54 Å². The summed E-state index contributed by atoms with van der Waals surface area (Å²) in [6.07, 6.45) is 0. The van der Waals surface area contributed by atoms with E-state index in [0.717, 1.165) is 0 Å². The van der Waals surface area contributed by atoms with Gasteiger partial charge < -0.3 is 10.6 Å². The van der Waals surface area contributed by atoms with Crippen molar-refractivity contribution in [3.8, 4) is 0 Å². The average molecular weight is 222 g/mol. The summed E-state index contributed by atoms with van der Waals surface area (Å²) < 4.78 is 0. The maximum Gasteiger partial charge on any atom is 0.0396 e. The Kier molecular flexibility index (Phi) is 3.54. The number of hydrogen-bond acceptors (Lipinski definition) is 3. The van der Waals surface area contributed by atoms with Crippen molar-refractivity contribution < 1.29 is 0 Å². The van der Waals surface area contributed by atoms with Gasteiger partial charge in [-0.2, -0.15) is 11.8 Å². The lowest BCUT2D eigenvalue weighted by Crippen LogP contribution is -2.32. The Hall–Kier alpha value is -0.670. The molecular weight excluding hydrogens is 204 g/mol. The fourth-order valence-corrected chi connectivity index (χ4v) is 2.91. The van der Waals surface area contributed by atoms with E-state index >= 15 is 0 Å². The second-order valence-electron chi connectivity index (χ2n) is 3.92. The van der Waals surface area contributed by atoms with Crippen molar-refractivity contribution in [1.29, 1.82) is 0 Å². The predicted octanol–water partition coefficient (Wildman–Crippen LogP) is 2.01. The van der Waals surface area contributed by atoms with Crippen LogP contribution in [0.15, 0.2) is 18.2 Å². The van der Waals surface area contributed by atoms with Gasteiger partial charge in [0.25, 0.3) is 0 Å². The molecule has 1 aliphatic rings. The standard InChI is InChI=1S/C12H18N2S/c1-10-8-11(9-13)2-3-12(10)14-4-6-15-7-5-14/h2-3,8H,4-7,9,13H2,1H3. The first-order chi connectivity index (χ1) is 7.31. The number of benzene rings is 1. The fourth-order valence-electron chi connectivity index (χ4n) is 2.00. The Bertz CT molecular complexity index is 332. The Labute approximate surface area is 95.8 Å². The van der Waals surface area contributed by atoms with Crippen LogP contribution in [-0.4, -0.2) is 24.6 Å². The van der Waals surface area contributed by atoms with Crippen molar-refractivity contribution in [2.45, 2.75) is 13.5 Å². The summed E-state index contributed by atoms with van der Waals surface area (Å²) in [6.45, 7) is 5.16. The van der Waals surface area contributed by atoms with Crippen molar-refractivity contribution in [3.63, 3.8) is 0 Å². The Balaban J connectivity index is 2.19. The van der Waals surface area contributed by atoms with Gasteiger partial charge in [0.2, 0.25) is 0 Å². The zero-order valence-electron chi connectivity index (χ0n) is 9.20. The highest BCUT2D eigenvalue weighted by Crippen LogP contribution is 2.24. The highest BCUT2D eigenvalue weighted by Gasteiger charge is 2.12. The average Bonchev–Trinajstić information content (AvgIpc) is 2.30. The molecule has 1 fully saturated rings. The lowest BCUT2D eigenvalue weighted by atomic mass is 10.1. The van der Waals surface area contributed by atoms with Crippen LogP contribution in [-0.2, 0) is 6.54 Å². The quantitative estimate of drug-likeness (QED) is 0.830. The van der Waals surface area contributed by atoms with Crippen molar-refractivity contribution >= 4 is 17.4 Å². The molecule has 1 aromatic rings. The zero-order chi connectivity index (χ0) is 10.7. The van der Waals surface area contributed by atoms with E-state index < -0.39 is 0 Å². The predicted molar refractivity (Wildman–Crippen MR) is 68.6 cm³/mol. The third-order valence-corrected chi connectivity index (χ3v) is 3.79. The number of rotatable bonds is 2. The molecule has 0 atom stereocenters. The number of anilines is 1. The molecule has 1 heterocycles. The van der Waals surface area contributed by atoms with Crippen LogP contribution in [0.5, 0.6) is 0 Å². The van der Waals surface area contributed by atoms with Crippen LogP contribution < -0.4 is 10.6 Å². The number of hydrogen-bond donors (Lipinski definition) is 1. The summed E-state index contributed by atoms with van der Waals surface area (Å²) in [4.78, 5) is 2.48. The molecule has 1 aliphatic heterocycles. The third kappa shape index (κ3) is 2.47. The van der Waals surface area contributed by atoms with Crippen LogP contribution in [0.3, 0.4) is 0 Å². The van der Waals surface area contributed by atoms with Gasteiger partial charge in [-0.05, 0) is 24.1 Å². The molecule has 0 unspecified atom stereocenters. The van der Waals surface area contributed by atoms with Gasteiger partial charge in [0.1, 0.15) is 0 Å². The first kappa shape index (κ1) is 10.8. The maximum atomic E-state index is 5.63. The van der Waals surface area contributed by atoms with E-state index in [-0.39, 0.29) is 0 Å². The molecule has 3 heteroatoms. The van der Waals surface area contributed by atoms with Crippen LogP contribution in [0.1, 0.15) is 11.1 Å². The molecule has 1 saturated heterocycles. The molecular formula is C12H18N2S. The summed E-state index contributed by atoms with van der Waals surface area (Å²) >= 11 is 2.05. The monoisotopic (exact) mass is 222 g/mol. The molecule has 2 N–H and O–H groups in total. The van der Waals surface area contributed by atoms with Crippen molar-refractivity contribution in [2.24, 2.45) is 5.73 Å². The first-order valence-corrected chi connectivity index (χ1v) is 6.59. The normalized spacial score (nSPS) is 16.8. The summed E-state index contributed by atoms with van der Waals surface area (Å²) in [6, 6.07) is 6.56. The largest absolute Gasteiger partial charge is 0.370 e. The van der Waals surface area contributed by atoms with Gasteiger partial charge in [0.05, 0.1) is 0 Å². The summed E-state index contributed by atoms with van der Waals surface area (Å²) in [5.41, 5.74) is 9.59. The van der Waals surface area contributed by atoms with Crippen molar-refractivity contribution in [1.82, 2.24) is 0 Å². The third-order valence-electron chi connectivity index (χ3n) is 2.85. The fraction of sp³-hybridized carbons (Fsp3) is 0.500. The van der Waals surface area contributed by atoms with E-state index in [2.05, 4.69) is 30.0 Å². The minimum Gasteiger partial charge on any atom is -0.370 e.